The van der Waals surface area contributed by atoms with Crippen LogP contribution in [0.5, 0.6) is 0 Å². The molecular weight excluding hydrogens is 457 g/mol. The zero-order chi connectivity index (χ0) is 23.2. The Kier molecular flexibility index (Phi) is 7.16. The third kappa shape index (κ3) is 6.27. The molecule has 166 valence electrons. The van der Waals surface area contributed by atoms with Crippen molar-refractivity contribution in [2.75, 3.05) is 16.4 Å². The normalized spacial score (nSPS) is 10.6. The minimum Gasteiger partial charge on any atom is -0.322 e. The molecule has 0 saturated carbocycles. The number of nitrogens with zero attached hydrogens (tertiary/aromatic N) is 1. The Morgan fingerprint density at radius 3 is 2.52 bits per heavy atom. The van der Waals surface area contributed by atoms with Gasteiger partial charge in [0.1, 0.15) is 5.82 Å². The first-order valence-corrected chi connectivity index (χ1v) is 11.9. The van der Waals surface area contributed by atoms with Crippen LogP contribution in [0.1, 0.15) is 15.9 Å². The fourth-order valence-electron chi connectivity index (χ4n) is 2.96. The first-order valence-electron chi connectivity index (χ1n) is 10.1. The monoisotopic (exact) mass is 477 g/mol. The number of rotatable bonds is 7. The van der Waals surface area contributed by atoms with Crippen LogP contribution in [-0.2, 0) is 4.79 Å². The molecule has 0 radical (unpaired) electrons. The number of benzene rings is 3. The average molecular weight is 478 g/mol. The third-order valence-corrected chi connectivity index (χ3v) is 6.42. The summed E-state index contributed by atoms with van der Waals surface area (Å²) < 4.78 is 13.1. The molecule has 1 heterocycles. The maximum Gasteiger partial charge on any atom is 0.255 e. The van der Waals surface area contributed by atoms with Gasteiger partial charge in [-0.15, -0.1) is 23.1 Å². The number of hydrogen-bond acceptors (Lipinski definition) is 5. The Morgan fingerprint density at radius 1 is 1.00 bits per heavy atom. The molecule has 2 amide bonds. The number of hydrogen-bond donors (Lipinski definition) is 2. The number of aromatic nitrogens is 1. The Hall–Kier alpha value is -3.49. The number of halogens is 1. The van der Waals surface area contributed by atoms with Gasteiger partial charge in [0.05, 0.1) is 11.4 Å². The molecule has 0 atom stereocenters. The smallest absolute Gasteiger partial charge is 0.255 e. The number of thioether (sulfide) groups is 1. The number of thiazole rings is 1. The van der Waals surface area contributed by atoms with Crippen molar-refractivity contribution in [3.05, 3.63) is 95.1 Å². The molecule has 5 nitrogen and oxygen atoms in total. The van der Waals surface area contributed by atoms with Crippen LogP contribution in [0.25, 0.3) is 11.3 Å². The van der Waals surface area contributed by atoms with Crippen LogP contribution < -0.4 is 10.6 Å². The lowest BCUT2D eigenvalue weighted by Crippen LogP contribution is -2.14. The van der Waals surface area contributed by atoms with Crippen LogP contribution in [0.15, 0.2) is 83.1 Å². The van der Waals surface area contributed by atoms with Gasteiger partial charge in [0.15, 0.2) is 5.13 Å². The number of anilines is 2. The molecule has 4 rings (SSSR count). The van der Waals surface area contributed by atoms with Gasteiger partial charge in [-0.3, -0.25) is 9.59 Å². The highest BCUT2D eigenvalue weighted by atomic mass is 32.2. The van der Waals surface area contributed by atoms with Crippen LogP contribution in [-0.4, -0.2) is 22.6 Å². The van der Waals surface area contributed by atoms with E-state index in [4.69, 9.17) is 0 Å². The van der Waals surface area contributed by atoms with Crippen molar-refractivity contribution in [3.8, 4) is 11.3 Å². The summed E-state index contributed by atoms with van der Waals surface area (Å²) in [5, 5.41) is 7.97. The number of aryl methyl sites for hydroxylation is 1. The molecule has 0 aliphatic rings. The summed E-state index contributed by atoms with van der Waals surface area (Å²) in [6, 6.07) is 20.8. The standard InChI is InChI=1S/C25H20FN3O2S2/c1-16-5-7-18(8-6-16)24(31)27-20-3-2-4-21(13-20)32-15-23(30)29-25-28-22(14-33-25)17-9-11-19(26)12-10-17/h2-14H,15H2,1H3,(H,27,31)(H,28,29,30). The van der Waals surface area contributed by atoms with Gasteiger partial charge < -0.3 is 10.6 Å². The number of amides is 2. The fraction of sp³-hybridized carbons (Fsp3) is 0.0800. The van der Waals surface area contributed by atoms with E-state index in [-0.39, 0.29) is 23.4 Å². The highest BCUT2D eigenvalue weighted by Gasteiger charge is 2.10. The molecule has 4 aromatic rings. The summed E-state index contributed by atoms with van der Waals surface area (Å²) in [4.78, 5) is 30.0. The molecule has 8 heteroatoms. The highest BCUT2D eigenvalue weighted by Crippen LogP contribution is 2.26. The van der Waals surface area contributed by atoms with Gasteiger partial charge in [-0.1, -0.05) is 23.8 Å². The highest BCUT2D eigenvalue weighted by molar-refractivity contribution is 8.00. The van der Waals surface area contributed by atoms with Gasteiger partial charge >= 0.3 is 0 Å². The summed E-state index contributed by atoms with van der Waals surface area (Å²) >= 11 is 2.68. The first kappa shape index (κ1) is 22.7. The van der Waals surface area contributed by atoms with E-state index in [1.165, 1.54) is 35.2 Å². The molecule has 0 aliphatic heterocycles. The van der Waals surface area contributed by atoms with E-state index in [0.29, 0.717) is 22.1 Å². The lowest BCUT2D eigenvalue weighted by atomic mass is 10.1. The maximum atomic E-state index is 13.1. The van der Waals surface area contributed by atoms with E-state index in [1.807, 2.05) is 48.7 Å². The lowest BCUT2D eigenvalue weighted by Gasteiger charge is -2.08. The molecule has 0 bridgehead atoms. The summed E-state index contributed by atoms with van der Waals surface area (Å²) in [6.07, 6.45) is 0. The Bertz CT molecular complexity index is 1270. The molecule has 2 N–H and O–H groups in total. The summed E-state index contributed by atoms with van der Waals surface area (Å²) in [6.45, 7) is 1.97. The van der Waals surface area contributed by atoms with Crippen molar-refractivity contribution in [1.82, 2.24) is 4.98 Å². The van der Waals surface area contributed by atoms with E-state index in [9.17, 15) is 14.0 Å². The van der Waals surface area contributed by atoms with Gasteiger partial charge in [0.2, 0.25) is 5.91 Å². The van der Waals surface area contributed by atoms with Gasteiger partial charge in [0.25, 0.3) is 5.91 Å². The molecule has 33 heavy (non-hydrogen) atoms. The largest absolute Gasteiger partial charge is 0.322 e. The van der Waals surface area contributed by atoms with Crippen molar-refractivity contribution in [1.29, 1.82) is 0 Å². The summed E-state index contributed by atoms with van der Waals surface area (Å²) in [5.74, 6) is -0.482. The SMILES string of the molecule is Cc1ccc(C(=O)Nc2cccc(SCC(=O)Nc3nc(-c4ccc(F)cc4)cs3)c2)cc1. The zero-order valence-electron chi connectivity index (χ0n) is 17.7. The number of nitrogens with one attached hydrogen (secondary N) is 2. The predicted octanol–water partition coefficient (Wildman–Crippen LogP) is 6.24. The number of carbonyl (C=O) groups excluding carboxylic acids is 2. The van der Waals surface area contributed by atoms with Gasteiger partial charge in [-0.25, -0.2) is 9.37 Å². The predicted molar refractivity (Wildman–Crippen MR) is 132 cm³/mol. The molecule has 0 spiro atoms. The van der Waals surface area contributed by atoms with Crippen molar-refractivity contribution in [3.63, 3.8) is 0 Å². The summed E-state index contributed by atoms with van der Waals surface area (Å²) in [7, 11) is 0. The zero-order valence-corrected chi connectivity index (χ0v) is 19.3. The first-order chi connectivity index (χ1) is 16.0. The second-order valence-electron chi connectivity index (χ2n) is 7.23. The van der Waals surface area contributed by atoms with E-state index in [0.717, 1.165) is 16.0 Å². The third-order valence-electron chi connectivity index (χ3n) is 4.67. The lowest BCUT2D eigenvalue weighted by molar-refractivity contribution is -0.113. The van der Waals surface area contributed by atoms with Crippen LogP contribution in [0, 0.1) is 12.7 Å². The van der Waals surface area contributed by atoms with E-state index >= 15 is 0 Å². The quantitative estimate of drug-likeness (QED) is 0.309. The van der Waals surface area contributed by atoms with E-state index in [1.54, 1.807) is 24.3 Å². The molecule has 0 unspecified atom stereocenters. The number of carbonyl (C=O) groups is 2. The van der Waals surface area contributed by atoms with Gasteiger partial charge in [-0.05, 0) is 61.5 Å². The average Bonchev–Trinajstić information content (AvgIpc) is 3.27. The molecule has 0 saturated heterocycles. The second kappa shape index (κ2) is 10.4. The van der Waals surface area contributed by atoms with Crippen molar-refractivity contribution >= 4 is 45.7 Å². The van der Waals surface area contributed by atoms with Gasteiger partial charge in [0, 0.05) is 27.1 Å². The topological polar surface area (TPSA) is 71.1 Å². The molecular formula is C25H20FN3O2S2. The minimum absolute atomic E-state index is 0.185. The maximum absolute atomic E-state index is 13.1. The Balaban J connectivity index is 1.31. The second-order valence-corrected chi connectivity index (χ2v) is 9.14. The van der Waals surface area contributed by atoms with Gasteiger partial charge in [-0.2, -0.15) is 0 Å². The van der Waals surface area contributed by atoms with Crippen LogP contribution >= 0.6 is 23.1 Å². The van der Waals surface area contributed by atoms with Crippen LogP contribution in [0.2, 0.25) is 0 Å². The van der Waals surface area contributed by atoms with Crippen molar-refractivity contribution < 1.29 is 14.0 Å². The van der Waals surface area contributed by atoms with E-state index in [2.05, 4.69) is 15.6 Å². The minimum atomic E-state index is -0.307. The Labute approximate surface area is 199 Å². The molecule has 3 aromatic carbocycles. The molecule has 1 aromatic heterocycles. The fourth-order valence-corrected chi connectivity index (χ4v) is 4.45. The van der Waals surface area contributed by atoms with Crippen molar-refractivity contribution in [2.24, 2.45) is 0 Å². The Morgan fingerprint density at radius 2 is 1.76 bits per heavy atom. The van der Waals surface area contributed by atoms with Crippen molar-refractivity contribution in [2.45, 2.75) is 11.8 Å². The molecule has 0 aliphatic carbocycles. The molecule has 0 fully saturated rings. The summed E-state index contributed by atoms with van der Waals surface area (Å²) in [5.41, 5.74) is 3.80. The van der Waals surface area contributed by atoms with E-state index < -0.39 is 0 Å². The van der Waals surface area contributed by atoms with Crippen LogP contribution in [0.3, 0.4) is 0 Å². The van der Waals surface area contributed by atoms with Crippen LogP contribution in [0.4, 0.5) is 15.2 Å².